The van der Waals surface area contributed by atoms with Gasteiger partial charge in [-0.15, -0.1) is 0 Å². The Hall–Kier alpha value is -4.10. The number of Topliss-reactive ketones (excluding diaryl/α,β-unsaturated/α-hetero) is 2. The van der Waals surface area contributed by atoms with E-state index in [4.69, 9.17) is 19.7 Å². The fourth-order valence-corrected chi connectivity index (χ4v) is 6.05. The summed E-state index contributed by atoms with van der Waals surface area (Å²) in [5, 5.41) is 0.439. The molecule has 7 heteroatoms. The fraction of sp³-hybridized carbons (Fsp3) is 0.265. The van der Waals surface area contributed by atoms with Crippen LogP contribution < -0.4 is 0 Å². The molecule has 2 heterocycles. The van der Waals surface area contributed by atoms with Gasteiger partial charge in [-0.1, -0.05) is 90.6 Å². The molecule has 3 aromatic rings. The molecule has 0 radical (unpaired) electrons. The van der Waals surface area contributed by atoms with Gasteiger partial charge in [0.2, 0.25) is 16.7 Å². The lowest BCUT2D eigenvalue weighted by atomic mass is 9.88. The van der Waals surface area contributed by atoms with Crippen LogP contribution in [0.4, 0.5) is 0 Å². The van der Waals surface area contributed by atoms with Gasteiger partial charge in [-0.05, 0) is 53.7 Å². The zero-order valence-corrected chi connectivity index (χ0v) is 25.0. The van der Waals surface area contributed by atoms with Crippen LogP contribution in [0.2, 0.25) is 0 Å². The lowest BCUT2D eigenvalue weighted by Crippen LogP contribution is -2.36. The zero-order valence-electron chi connectivity index (χ0n) is 24.1. The summed E-state index contributed by atoms with van der Waals surface area (Å²) in [4.78, 5) is 42.5. The van der Waals surface area contributed by atoms with Crippen molar-refractivity contribution < 1.29 is 14.3 Å². The Morgan fingerprint density at radius 2 is 1.20 bits per heavy atom. The third kappa shape index (κ3) is 5.86. The van der Waals surface area contributed by atoms with Gasteiger partial charge in [-0.3, -0.25) is 14.6 Å². The van der Waals surface area contributed by atoms with Crippen molar-refractivity contribution in [1.29, 1.82) is 0 Å². The Balaban J connectivity index is 1.88. The van der Waals surface area contributed by atoms with Crippen LogP contribution in [0.25, 0.3) is 0 Å². The van der Waals surface area contributed by atoms with Gasteiger partial charge in [0, 0.05) is 16.7 Å². The lowest BCUT2D eigenvalue weighted by molar-refractivity contribution is 0.100. The van der Waals surface area contributed by atoms with Crippen molar-refractivity contribution in [1.82, 2.24) is 0 Å². The molecule has 0 saturated carbocycles. The molecular formula is C34H33N3O3S. The van der Waals surface area contributed by atoms with Crippen LogP contribution in [-0.4, -0.2) is 44.4 Å². The highest BCUT2D eigenvalue weighted by atomic mass is 32.2. The lowest BCUT2D eigenvalue weighted by Gasteiger charge is -2.24. The smallest absolute Gasteiger partial charge is 0.236 e. The molecule has 0 aromatic heterocycles. The van der Waals surface area contributed by atoms with E-state index < -0.39 is 15.9 Å². The molecule has 208 valence electrons. The molecule has 0 bridgehead atoms. The first-order valence-corrected chi connectivity index (χ1v) is 14.4. The molecular weight excluding hydrogens is 530 g/mol. The van der Waals surface area contributed by atoms with Gasteiger partial charge in [-0.25, -0.2) is 9.98 Å². The summed E-state index contributed by atoms with van der Waals surface area (Å²) in [6.45, 7) is 11.8. The number of rotatable bonds is 5. The molecule has 1 atom stereocenters. The van der Waals surface area contributed by atoms with Crippen molar-refractivity contribution in [2.24, 2.45) is 15.0 Å². The van der Waals surface area contributed by atoms with Crippen molar-refractivity contribution >= 4 is 40.2 Å². The van der Waals surface area contributed by atoms with E-state index in [9.17, 15) is 9.59 Å². The Morgan fingerprint density at radius 1 is 0.707 bits per heavy atom. The number of ether oxygens (including phenoxy) is 1. The molecule has 1 spiro atoms. The molecule has 5 rings (SSSR count). The summed E-state index contributed by atoms with van der Waals surface area (Å²) in [6, 6.07) is 27.4. The van der Waals surface area contributed by atoms with E-state index in [1.54, 1.807) is 36.4 Å². The molecule has 0 N–H and O–H groups in total. The number of carbonyl (C=O) groups is 2. The maximum atomic E-state index is 14.6. The van der Waals surface area contributed by atoms with Gasteiger partial charge in [0.1, 0.15) is 5.04 Å². The summed E-state index contributed by atoms with van der Waals surface area (Å²) >= 11 is 1.25. The predicted octanol–water partition coefficient (Wildman–Crippen LogP) is 7.36. The second-order valence-electron chi connectivity index (χ2n) is 11.9. The summed E-state index contributed by atoms with van der Waals surface area (Å²) in [5.74, 6) is -0.0240. The summed E-state index contributed by atoms with van der Waals surface area (Å²) in [7, 11) is 0. The number of aliphatic imine (C=N–C) groups is 3. The maximum absolute atomic E-state index is 14.6. The Morgan fingerprint density at radius 3 is 1.71 bits per heavy atom. The number of thioether (sulfide) groups is 1. The normalized spacial score (nSPS) is 21.0. The number of hydrogen-bond donors (Lipinski definition) is 0. The van der Waals surface area contributed by atoms with E-state index in [0.29, 0.717) is 22.1 Å². The average Bonchev–Trinajstić information content (AvgIpc) is 3.44. The van der Waals surface area contributed by atoms with Gasteiger partial charge >= 0.3 is 0 Å². The first-order valence-electron chi connectivity index (χ1n) is 13.5. The van der Waals surface area contributed by atoms with Crippen molar-refractivity contribution in [2.75, 3.05) is 0 Å². The molecule has 1 unspecified atom stereocenters. The van der Waals surface area contributed by atoms with Crippen LogP contribution in [-0.2, 0) is 4.74 Å². The molecule has 6 nitrogen and oxygen atoms in total. The number of nitrogens with zero attached hydrogens (tertiary/aromatic N) is 3. The average molecular weight is 564 g/mol. The highest BCUT2D eigenvalue weighted by Gasteiger charge is 2.59. The Kier molecular flexibility index (Phi) is 7.43. The minimum absolute atomic E-state index is 0.208. The van der Waals surface area contributed by atoms with Crippen molar-refractivity contribution in [3.05, 3.63) is 119 Å². The molecule has 3 aromatic carbocycles. The van der Waals surface area contributed by atoms with Crippen molar-refractivity contribution in [3.63, 3.8) is 0 Å². The molecule has 2 aliphatic rings. The van der Waals surface area contributed by atoms with Gasteiger partial charge in [-0.2, -0.15) is 0 Å². The van der Waals surface area contributed by atoms with E-state index in [2.05, 4.69) is 0 Å². The Labute approximate surface area is 245 Å². The Bertz CT molecular complexity index is 1610. The highest BCUT2D eigenvalue weighted by molar-refractivity contribution is 8.17. The highest BCUT2D eigenvalue weighted by Crippen LogP contribution is 2.52. The third-order valence-corrected chi connectivity index (χ3v) is 7.46. The quantitative estimate of drug-likeness (QED) is 0.304. The van der Waals surface area contributed by atoms with E-state index in [-0.39, 0.29) is 28.6 Å². The molecule has 0 saturated heterocycles. The van der Waals surface area contributed by atoms with Crippen LogP contribution in [0.15, 0.2) is 117 Å². The van der Waals surface area contributed by atoms with E-state index in [1.165, 1.54) is 11.8 Å². The summed E-state index contributed by atoms with van der Waals surface area (Å²) in [5.41, 5.74) is 0.989. The summed E-state index contributed by atoms with van der Waals surface area (Å²) in [6.07, 6.45) is 0. The molecule has 0 amide bonds. The van der Waals surface area contributed by atoms with Crippen LogP contribution in [0, 0.1) is 0 Å². The standard InChI is InChI=1S/C34H33N3O3S/c1-32(2,3)36-30-25(27(38)22-16-10-7-11-17-22)26(28(39)23-18-12-8-13-19-23)34(41-30)31(37-33(4,5)6)40-29(35-34)24-20-14-9-15-21-24/h7-21H,1-6H3. The number of carbonyl (C=O) groups excluding carboxylic acids is 2. The van der Waals surface area contributed by atoms with Crippen LogP contribution in [0.1, 0.15) is 67.8 Å². The maximum Gasteiger partial charge on any atom is 0.236 e. The molecule has 2 aliphatic heterocycles. The van der Waals surface area contributed by atoms with E-state index in [1.807, 2.05) is 96.1 Å². The molecule has 0 fully saturated rings. The fourth-order valence-electron chi connectivity index (χ4n) is 4.56. The van der Waals surface area contributed by atoms with Gasteiger partial charge < -0.3 is 4.74 Å². The minimum Gasteiger partial charge on any atom is -0.421 e. The van der Waals surface area contributed by atoms with Gasteiger partial charge in [0.05, 0.1) is 22.2 Å². The monoisotopic (exact) mass is 563 g/mol. The van der Waals surface area contributed by atoms with Gasteiger partial charge in [0.15, 0.2) is 11.6 Å². The van der Waals surface area contributed by atoms with Gasteiger partial charge in [0.25, 0.3) is 0 Å². The second kappa shape index (κ2) is 10.7. The van der Waals surface area contributed by atoms with Crippen molar-refractivity contribution in [3.8, 4) is 0 Å². The van der Waals surface area contributed by atoms with E-state index >= 15 is 0 Å². The topological polar surface area (TPSA) is 80.5 Å². The predicted molar refractivity (Wildman–Crippen MR) is 167 cm³/mol. The van der Waals surface area contributed by atoms with E-state index in [0.717, 1.165) is 5.56 Å². The second-order valence-corrected chi connectivity index (χ2v) is 13.1. The number of benzene rings is 3. The van der Waals surface area contributed by atoms with Crippen LogP contribution >= 0.6 is 11.8 Å². The molecule has 41 heavy (non-hydrogen) atoms. The number of hydrogen-bond acceptors (Lipinski definition) is 7. The first kappa shape index (κ1) is 28.4. The largest absolute Gasteiger partial charge is 0.421 e. The zero-order chi connectivity index (χ0) is 29.4. The SMILES string of the molecule is CC(C)(C)N=C1SC2(N=C(c3ccccc3)OC2=NC(C)(C)C)C(C(=O)c2ccccc2)=C1C(=O)c1ccccc1. The van der Waals surface area contributed by atoms with Crippen LogP contribution in [0.3, 0.4) is 0 Å². The minimum atomic E-state index is -1.44. The number of ketones is 2. The molecule has 0 aliphatic carbocycles. The summed E-state index contributed by atoms with van der Waals surface area (Å²) < 4.78 is 6.42. The van der Waals surface area contributed by atoms with Crippen LogP contribution in [0.5, 0.6) is 0 Å². The first-order chi connectivity index (χ1) is 19.4. The van der Waals surface area contributed by atoms with Crippen molar-refractivity contribution in [2.45, 2.75) is 57.5 Å². The third-order valence-electron chi connectivity index (χ3n) is 6.21.